The van der Waals surface area contributed by atoms with Crippen molar-refractivity contribution in [1.29, 1.82) is 0 Å². The van der Waals surface area contributed by atoms with Gasteiger partial charge >= 0.3 is 5.97 Å². The maximum Gasteiger partial charge on any atom is 0.350 e. The highest BCUT2D eigenvalue weighted by Crippen LogP contribution is 2.28. The average Bonchev–Trinajstić information content (AvgIpc) is 2.76. The molecule has 0 spiro atoms. The number of hydrogen-bond acceptors (Lipinski definition) is 5. The Bertz CT molecular complexity index is 635. The Morgan fingerprint density at radius 1 is 1.35 bits per heavy atom. The van der Waals surface area contributed by atoms with E-state index < -0.39 is 0 Å². The number of nitrogens with one attached hydrogen (secondary N) is 1. The number of thiazole rings is 1. The van der Waals surface area contributed by atoms with Crippen LogP contribution >= 0.6 is 11.3 Å². The van der Waals surface area contributed by atoms with Gasteiger partial charge in [0.05, 0.1) is 12.3 Å². The topological polar surface area (TPSA) is 51.2 Å². The molecule has 0 amide bonds. The summed E-state index contributed by atoms with van der Waals surface area (Å²) in [6.45, 7) is 8.11. The molecule has 0 aliphatic rings. The monoisotopic (exact) mass is 290 g/mol. The zero-order chi connectivity index (χ0) is 14.7. The van der Waals surface area contributed by atoms with E-state index in [-0.39, 0.29) is 5.97 Å². The number of carbonyl (C=O) groups excluding carboxylic acids is 1. The number of nitrogens with zero attached hydrogens (tertiary/aromatic N) is 1. The minimum absolute atomic E-state index is 0.309. The number of hydrogen-bond donors (Lipinski definition) is 1. The second-order valence-electron chi connectivity index (χ2n) is 4.53. The Kier molecular flexibility index (Phi) is 4.39. The van der Waals surface area contributed by atoms with Gasteiger partial charge in [0.2, 0.25) is 0 Å². The van der Waals surface area contributed by atoms with Crippen LogP contribution < -0.4 is 5.32 Å². The summed E-state index contributed by atoms with van der Waals surface area (Å²) in [5, 5.41) is 3.98. The molecule has 20 heavy (non-hydrogen) atoms. The highest BCUT2D eigenvalue weighted by Gasteiger charge is 2.16. The lowest BCUT2D eigenvalue weighted by Crippen LogP contribution is -2.03. The number of ether oxygens (including phenoxy) is 1. The van der Waals surface area contributed by atoms with Gasteiger partial charge in [-0.05, 0) is 44.9 Å². The van der Waals surface area contributed by atoms with Crippen molar-refractivity contribution >= 4 is 28.1 Å². The molecule has 1 aromatic heterocycles. The summed E-state index contributed by atoms with van der Waals surface area (Å²) in [5.74, 6) is -0.309. The first-order chi connectivity index (χ1) is 9.52. The summed E-state index contributed by atoms with van der Waals surface area (Å²) in [4.78, 5) is 16.7. The van der Waals surface area contributed by atoms with Crippen molar-refractivity contribution in [3.63, 3.8) is 0 Å². The molecule has 0 atom stereocenters. The van der Waals surface area contributed by atoms with E-state index >= 15 is 0 Å². The van der Waals surface area contributed by atoms with Crippen LogP contribution in [0.4, 0.5) is 10.8 Å². The van der Waals surface area contributed by atoms with Crippen LogP contribution in [0.25, 0.3) is 0 Å². The molecular formula is C15H18N2O2S. The maximum atomic E-state index is 11.8. The van der Waals surface area contributed by atoms with E-state index in [4.69, 9.17) is 4.74 Å². The smallest absolute Gasteiger partial charge is 0.350 e. The fourth-order valence-electron chi connectivity index (χ4n) is 1.84. The standard InChI is InChI=1S/C15H18N2O2S/c1-5-19-14(18)13-11(4)16-15(20-13)17-12-8-6-7-9(2)10(12)3/h6-8H,5H2,1-4H3,(H,16,17). The van der Waals surface area contributed by atoms with E-state index in [0.717, 1.165) is 5.69 Å². The van der Waals surface area contributed by atoms with Crippen LogP contribution in [0, 0.1) is 20.8 Å². The number of carbonyl (C=O) groups is 1. The third kappa shape index (κ3) is 2.99. The predicted molar refractivity (Wildman–Crippen MR) is 82.0 cm³/mol. The summed E-state index contributed by atoms with van der Waals surface area (Å²) >= 11 is 1.32. The number of benzene rings is 1. The molecule has 0 bridgehead atoms. The van der Waals surface area contributed by atoms with Gasteiger partial charge in [-0.2, -0.15) is 0 Å². The van der Waals surface area contributed by atoms with E-state index in [1.54, 1.807) is 6.92 Å². The molecular weight excluding hydrogens is 272 g/mol. The van der Waals surface area contributed by atoms with E-state index in [1.807, 2.05) is 19.1 Å². The number of rotatable bonds is 4. The summed E-state index contributed by atoms with van der Waals surface area (Å²) in [6.07, 6.45) is 0. The Hall–Kier alpha value is -1.88. The van der Waals surface area contributed by atoms with Gasteiger partial charge in [0, 0.05) is 5.69 Å². The molecule has 5 heteroatoms. The zero-order valence-electron chi connectivity index (χ0n) is 12.1. The summed E-state index contributed by atoms with van der Waals surface area (Å²) in [6, 6.07) is 6.07. The van der Waals surface area contributed by atoms with Crippen molar-refractivity contribution in [2.75, 3.05) is 11.9 Å². The first kappa shape index (κ1) is 14.5. The van der Waals surface area contributed by atoms with Gasteiger partial charge in [0.15, 0.2) is 5.13 Å². The minimum Gasteiger partial charge on any atom is -0.462 e. The van der Waals surface area contributed by atoms with Gasteiger partial charge in [0.1, 0.15) is 4.88 Å². The fourth-order valence-corrected chi connectivity index (χ4v) is 2.71. The van der Waals surface area contributed by atoms with Crippen LogP contribution in [-0.4, -0.2) is 17.6 Å². The molecule has 0 saturated heterocycles. The first-order valence-corrected chi connectivity index (χ1v) is 7.32. The Morgan fingerprint density at radius 2 is 2.10 bits per heavy atom. The van der Waals surface area contributed by atoms with Crippen molar-refractivity contribution in [2.24, 2.45) is 0 Å². The summed E-state index contributed by atoms with van der Waals surface area (Å²) in [5.41, 5.74) is 4.10. The molecule has 1 aromatic carbocycles. The van der Waals surface area contributed by atoms with Gasteiger partial charge in [-0.25, -0.2) is 9.78 Å². The van der Waals surface area contributed by atoms with Crippen LogP contribution in [0.1, 0.15) is 33.4 Å². The molecule has 0 aliphatic heterocycles. The molecule has 106 valence electrons. The second kappa shape index (κ2) is 6.05. The molecule has 2 rings (SSSR count). The van der Waals surface area contributed by atoms with Crippen molar-refractivity contribution in [3.05, 3.63) is 39.9 Å². The lowest BCUT2D eigenvalue weighted by molar-refractivity contribution is 0.0531. The van der Waals surface area contributed by atoms with Crippen LogP contribution in [0.3, 0.4) is 0 Å². The molecule has 2 aromatic rings. The molecule has 0 aliphatic carbocycles. The summed E-state index contributed by atoms with van der Waals surface area (Å²) in [7, 11) is 0. The molecule has 0 radical (unpaired) electrons. The van der Waals surface area contributed by atoms with Gasteiger partial charge < -0.3 is 10.1 Å². The average molecular weight is 290 g/mol. The molecule has 0 saturated carbocycles. The Balaban J connectivity index is 2.25. The van der Waals surface area contributed by atoms with Gasteiger partial charge in [-0.15, -0.1) is 0 Å². The highest BCUT2D eigenvalue weighted by molar-refractivity contribution is 7.17. The second-order valence-corrected chi connectivity index (χ2v) is 5.53. The number of esters is 1. The normalized spacial score (nSPS) is 10.4. The van der Waals surface area contributed by atoms with Crippen LogP contribution in [-0.2, 0) is 4.74 Å². The predicted octanol–water partition coefficient (Wildman–Crippen LogP) is 3.99. The minimum atomic E-state index is -0.309. The summed E-state index contributed by atoms with van der Waals surface area (Å²) < 4.78 is 5.02. The highest BCUT2D eigenvalue weighted by atomic mass is 32.1. The van der Waals surface area contributed by atoms with Gasteiger partial charge in [-0.1, -0.05) is 23.5 Å². The van der Waals surface area contributed by atoms with Crippen molar-refractivity contribution < 1.29 is 9.53 Å². The lowest BCUT2D eigenvalue weighted by Gasteiger charge is -2.08. The van der Waals surface area contributed by atoms with E-state index in [2.05, 4.69) is 30.2 Å². The number of anilines is 2. The van der Waals surface area contributed by atoms with Crippen LogP contribution in [0.2, 0.25) is 0 Å². The first-order valence-electron chi connectivity index (χ1n) is 6.50. The quantitative estimate of drug-likeness (QED) is 0.865. The molecule has 1 heterocycles. The maximum absolute atomic E-state index is 11.8. The lowest BCUT2D eigenvalue weighted by atomic mass is 10.1. The largest absolute Gasteiger partial charge is 0.462 e. The fraction of sp³-hybridized carbons (Fsp3) is 0.333. The number of aryl methyl sites for hydroxylation is 2. The van der Waals surface area contributed by atoms with Crippen molar-refractivity contribution in [1.82, 2.24) is 4.98 Å². The molecule has 1 N–H and O–H groups in total. The SMILES string of the molecule is CCOC(=O)c1sc(Nc2cccc(C)c2C)nc1C. The van der Waals surface area contributed by atoms with Crippen LogP contribution in [0.5, 0.6) is 0 Å². The number of aromatic nitrogens is 1. The Morgan fingerprint density at radius 3 is 2.80 bits per heavy atom. The third-order valence-electron chi connectivity index (χ3n) is 3.10. The van der Waals surface area contributed by atoms with Gasteiger partial charge in [-0.3, -0.25) is 0 Å². The third-order valence-corrected chi connectivity index (χ3v) is 4.16. The van der Waals surface area contributed by atoms with E-state index in [0.29, 0.717) is 22.3 Å². The zero-order valence-corrected chi connectivity index (χ0v) is 12.9. The van der Waals surface area contributed by atoms with Gasteiger partial charge in [0.25, 0.3) is 0 Å². The molecule has 4 nitrogen and oxygen atoms in total. The van der Waals surface area contributed by atoms with E-state index in [9.17, 15) is 4.79 Å². The van der Waals surface area contributed by atoms with Crippen molar-refractivity contribution in [2.45, 2.75) is 27.7 Å². The van der Waals surface area contributed by atoms with Crippen molar-refractivity contribution in [3.8, 4) is 0 Å². The molecule has 0 fully saturated rings. The molecule has 0 unspecified atom stereocenters. The van der Waals surface area contributed by atoms with Crippen LogP contribution in [0.15, 0.2) is 18.2 Å². The Labute approximate surface area is 122 Å². The van der Waals surface area contributed by atoms with E-state index in [1.165, 1.54) is 22.5 Å².